The third kappa shape index (κ3) is 3.19. The number of aromatic nitrogens is 1. The minimum atomic E-state index is -0.174. The molecule has 2 aromatic rings. The van der Waals surface area contributed by atoms with E-state index in [0.29, 0.717) is 6.54 Å². The van der Waals surface area contributed by atoms with Gasteiger partial charge >= 0.3 is 0 Å². The van der Waals surface area contributed by atoms with Crippen LogP contribution in [0.2, 0.25) is 0 Å². The van der Waals surface area contributed by atoms with E-state index in [2.05, 4.69) is 15.2 Å². The summed E-state index contributed by atoms with van der Waals surface area (Å²) in [5.74, 6) is 1.90. The summed E-state index contributed by atoms with van der Waals surface area (Å²) >= 11 is 0. The molecule has 1 aliphatic heterocycles. The van der Waals surface area contributed by atoms with Crippen LogP contribution in [0.4, 0.5) is 11.5 Å². The van der Waals surface area contributed by atoms with E-state index in [-0.39, 0.29) is 6.10 Å². The number of furan rings is 1. The van der Waals surface area contributed by atoms with Gasteiger partial charge < -0.3 is 19.7 Å². The van der Waals surface area contributed by atoms with Gasteiger partial charge in [-0.1, -0.05) is 0 Å². The Bertz CT molecular complexity index is 589. The monoisotopic (exact) mass is 287 g/mol. The van der Waals surface area contributed by atoms with Crippen LogP contribution < -0.4 is 10.2 Å². The van der Waals surface area contributed by atoms with Crippen LogP contribution in [-0.4, -0.2) is 29.3 Å². The summed E-state index contributed by atoms with van der Waals surface area (Å²) in [6.07, 6.45) is 4.94. The molecular weight excluding hydrogens is 266 g/mol. The minimum absolute atomic E-state index is 0.174. The second-order valence-corrected chi connectivity index (χ2v) is 5.47. The molecule has 5 nitrogen and oxygen atoms in total. The number of pyridine rings is 1. The van der Waals surface area contributed by atoms with E-state index < -0.39 is 0 Å². The number of hydrogen-bond donors (Lipinski definition) is 2. The number of hydrogen-bond acceptors (Lipinski definition) is 5. The van der Waals surface area contributed by atoms with Crippen molar-refractivity contribution in [2.24, 2.45) is 0 Å². The highest BCUT2D eigenvalue weighted by molar-refractivity contribution is 5.65. The Morgan fingerprint density at radius 3 is 2.90 bits per heavy atom. The maximum Gasteiger partial charge on any atom is 0.151 e. The molecule has 5 heteroatoms. The fraction of sp³-hybridized carbons (Fsp3) is 0.438. The summed E-state index contributed by atoms with van der Waals surface area (Å²) in [7, 11) is 0. The fourth-order valence-electron chi connectivity index (χ4n) is 2.63. The molecule has 0 radical (unpaired) electrons. The molecule has 1 saturated heterocycles. The predicted octanol–water partition coefficient (Wildman–Crippen LogP) is 2.56. The Labute approximate surface area is 124 Å². The van der Waals surface area contributed by atoms with Gasteiger partial charge in [0, 0.05) is 19.3 Å². The summed E-state index contributed by atoms with van der Waals surface area (Å²) < 4.78 is 5.46. The number of nitrogens with one attached hydrogen (secondary N) is 1. The van der Waals surface area contributed by atoms with Gasteiger partial charge in [-0.05, 0) is 43.5 Å². The van der Waals surface area contributed by atoms with E-state index >= 15 is 0 Å². The fourth-order valence-corrected chi connectivity index (χ4v) is 2.63. The molecular formula is C16H21N3O2. The lowest BCUT2D eigenvalue weighted by molar-refractivity contribution is 0.145. The molecule has 2 N–H and O–H groups in total. The van der Waals surface area contributed by atoms with Crippen LogP contribution in [0.5, 0.6) is 0 Å². The number of anilines is 2. The second kappa shape index (κ2) is 6.18. The van der Waals surface area contributed by atoms with Crippen LogP contribution >= 0.6 is 0 Å². The Morgan fingerprint density at radius 2 is 2.19 bits per heavy atom. The van der Waals surface area contributed by atoms with Gasteiger partial charge in [-0.25, -0.2) is 4.98 Å². The first-order valence-corrected chi connectivity index (χ1v) is 7.39. The number of aryl methyl sites for hydroxylation is 1. The molecule has 0 aromatic carbocycles. The van der Waals surface area contributed by atoms with Crippen LogP contribution in [0.25, 0.3) is 0 Å². The highest BCUT2D eigenvalue weighted by atomic mass is 16.3. The first kappa shape index (κ1) is 13.9. The highest BCUT2D eigenvalue weighted by Gasteiger charge is 2.20. The van der Waals surface area contributed by atoms with Crippen molar-refractivity contribution in [1.29, 1.82) is 0 Å². The first-order valence-electron chi connectivity index (χ1n) is 7.39. The Kier molecular flexibility index (Phi) is 4.10. The average molecular weight is 287 g/mol. The zero-order valence-corrected chi connectivity index (χ0v) is 12.2. The largest absolute Gasteiger partial charge is 0.467 e. The molecule has 0 saturated carbocycles. The van der Waals surface area contributed by atoms with Crippen molar-refractivity contribution in [1.82, 2.24) is 4.98 Å². The van der Waals surface area contributed by atoms with Gasteiger partial charge in [-0.15, -0.1) is 0 Å². The molecule has 3 rings (SSSR count). The number of rotatable bonds is 4. The maximum atomic E-state index is 9.63. The third-order valence-electron chi connectivity index (χ3n) is 3.96. The van der Waals surface area contributed by atoms with Crippen LogP contribution in [0.3, 0.4) is 0 Å². The highest BCUT2D eigenvalue weighted by Crippen LogP contribution is 2.26. The predicted molar refractivity (Wildman–Crippen MR) is 82.5 cm³/mol. The molecule has 3 heterocycles. The number of aliphatic hydroxyl groups is 1. The number of piperidine rings is 1. The lowest BCUT2D eigenvalue weighted by atomic mass is 10.1. The summed E-state index contributed by atoms with van der Waals surface area (Å²) in [4.78, 5) is 6.73. The quantitative estimate of drug-likeness (QED) is 0.905. The minimum Gasteiger partial charge on any atom is -0.467 e. The van der Waals surface area contributed by atoms with E-state index in [1.807, 2.05) is 31.3 Å². The van der Waals surface area contributed by atoms with E-state index in [9.17, 15) is 5.11 Å². The van der Waals surface area contributed by atoms with Gasteiger partial charge in [0.25, 0.3) is 0 Å². The molecule has 0 aliphatic carbocycles. The molecule has 0 spiro atoms. The zero-order chi connectivity index (χ0) is 14.7. The molecule has 0 bridgehead atoms. The van der Waals surface area contributed by atoms with Crippen molar-refractivity contribution in [3.8, 4) is 0 Å². The third-order valence-corrected chi connectivity index (χ3v) is 3.96. The lowest BCUT2D eigenvalue weighted by Crippen LogP contribution is -2.36. The topological polar surface area (TPSA) is 61.5 Å². The van der Waals surface area contributed by atoms with E-state index in [1.165, 1.54) is 0 Å². The Hall–Kier alpha value is -2.01. The lowest BCUT2D eigenvalue weighted by Gasteiger charge is -2.31. The van der Waals surface area contributed by atoms with Gasteiger partial charge in [-0.2, -0.15) is 0 Å². The van der Waals surface area contributed by atoms with Crippen molar-refractivity contribution in [2.45, 2.75) is 32.4 Å². The van der Waals surface area contributed by atoms with Gasteiger partial charge in [-0.3, -0.25) is 0 Å². The molecule has 21 heavy (non-hydrogen) atoms. The van der Waals surface area contributed by atoms with E-state index in [0.717, 1.165) is 48.8 Å². The molecule has 2 aromatic heterocycles. The van der Waals surface area contributed by atoms with Crippen LogP contribution in [0.15, 0.2) is 35.1 Å². The van der Waals surface area contributed by atoms with Crippen LogP contribution in [-0.2, 0) is 6.54 Å². The zero-order valence-electron chi connectivity index (χ0n) is 12.2. The van der Waals surface area contributed by atoms with Crippen molar-refractivity contribution in [3.05, 3.63) is 42.0 Å². The Morgan fingerprint density at radius 1 is 1.38 bits per heavy atom. The van der Waals surface area contributed by atoms with Crippen molar-refractivity contribution >= 4 is 11.5 Å². The van der Waals surface area contributed by atoms with Crippen LogP contribution in [0, 0.1) is 6.92 Å². The van der Waals surface area contributed by atoms with Crippen molar-refractivity contribution in [2.75, 3.05) is 23.3 Å². The van der Waals surface area contributed by atoms with Gasteiger partial charge in [0.15, 0.2) is 5.82 Å². The standard InChI is InChI=1S/C16H21N3O2/c1-12-6-10-21-15(12)11-18-14-3-2-7-17-16(14)19-8-4-13(20)5-9-19/h2-3,6-7,10,13,18,20H,4-5,8-9,11H2,1H3. The molecule has 0 amide bonds. The summed E-state index contributed by atoms with van der Waals surface area (Å²) in [6, 6.07) is 5.93. The van der Waals surface area contributed by atoms with Gasteiger partial charge in [0.2, 0.25) is 0 Å². The summed E-state index contributed by atoms with van der Waals surface area (Å²) in [6.45, 7) is 4.37. The number of nitrogens with zero attached hydrogens (tertiary/aromatic N) is 2. The normalized spacial score (nSPS) is 16.2. The number of aliphatic hydroxyl groups excluding tert-OH is 1. The second-order valence-electron chi connectivity index (χ2n) is 5.47. The van der Waals surface area contributed by atoms with Crippen LogP contribution in [0.1, 0.15) is 24.2 Å². The average Bonchev–Trinajstić information content (AvgIpc) is 2.92. The SMILES string of the molecule is Cc1ccoc1CNc1cccnc1N1CCC(O)CC1. The summed E-state index contributed by atoms with van der Waals surface area (Å²) in [5, 5.41) is 13.0. The van der Waals surface area contributed by atoms with Gasteiger partial charge in [0.1, 0.15) is 5.76 Å². The Balaban J connectivity index is 1.72. The summed E-state index contributed by atoms with van der Waals surface area (Å²) in [5.41, 5.74) is 2.15. The molecule has 0 atom stereocenters. The first-order chi connectivity index (χ1) is 10.2. The smallest absolute Gasteiger partial charge is 0.151 e. The molecule has 112 valence electrons. The van der Waals surface area contributed by atoms with Gasteiger partial charge in [0.05, 0.1) is 24.6 Å². The van der Waals surface area contributed by atoms with E-state index in [1.54, 1.807) is 6.26 Å². The molecule has 1 fully saturated rings. The van der Waals surface area contributed by atoms with Crippen molar-refractivity contribution < 1.29 is 9.52 Å². The molecule has 0 unspecified atom stereocenters. The molecule has 1 aliphatic rings. The maximum absolute atomic E-state index is 9.63. The van der Waals surface area contributed by atoms with Crippen molar-refractivity contribution in [3.63, 3.8) is 0 Å². The van der Waals surface area contributed by atoms with E-state index in [4.69, 9.17) is 4.42 Å².